The van der Waals surface area contributed by atoms with E-state index < -0.39 is 0 Å². The Kier molecular flexibility index (Phi) is 8.15. The van der Waals surface area contributed by atoms with Crippen molar-refractivity contribution < 1.29 is 0 Å². The summed E-state index contributed by atoms with van der Waals surface area (Å²) in [6, 6.07) is 16.9. The largest absolute Gasteiger partial charge is 0.384 e. The van der Waals surface area contributed by atoms with Crippen molar-refractivity contribution in [2.24, 2.45) is 5.92 Å². The predicted molar refractivity (Wildman–Crippen MR) is 106 cm³/mol. The highest BCUT2D eigenvalue weighted by atomic mass is 35.5. The Morgan fingerprint density at radius 2 is 1.88 bits per heavy atom. The van der Waals surface area contributed by atoms with E-state index in [2.05, 4.69) is 51.3 Å². The summed E-state index contributed by atoms with van der Waals surface area (Å²) in [5, 5.41) is 10.6. The molecule has 0 bridgehead atoms. The van der Waals surface area contributed by atoms with Gasteiger partial charge in [-0.2, -0.15) is 0 Å². The highest BCUT2D eigenvalue weighted by Gasteiger charge is 2.26. The van der Waals surface area contributed by atoms with E-state index in [0.29, 0.717) is 17.8 Å². The molecule has 3 rings (SSSR count). The molecule has 2 atom stereocenters. The van der Waals surface area contributed by atoms with Crippen LogP contribution in [0.4, 0.5) is 5.82 Å². The fourth-order valence-corrected chi connectivity index (χ4v) is 3.24. The van der Waals surface area contributed by atoms with Crippen LogP contribution in [-0.2, 0) is 13.0 Å². The van der Waals surface area contributed by atoms with Crippen LogP contribution >= 0.6 is 12.4 Å². The van der Waals surface area contributed by atoms with Crippen molar-refractivity contribution in [2.45, 2.75) is 19.0 Å². The maximum atomic E-state index is 5.78. The van der Waals surface area contributed by atoms with Crippen molar-refractivity contribution in [1.82, 2.24) is 20.9 Å². The average molecular weight is 362 g/mol. The quantitative estimate of drug-likeness (QED) is 0.537. The van der Waals surface area contributed by atoms with E-state index in [-0.39, 0.29) is 12.4 Å². The summed E-state index contributed by atoms with van der Waals surface area (Å²) in [6.45, 7) is 4.91. The van der Waals surface area contributed by atoms with Crippen LogP contribution in [0.3, 0.4) is 0 Å². The number of hydrogen-bond acceptors (Lipinski definition) is 5. The lowest BCUT2D eigenvalue weighted by molar-refractivity contribution is 0.419. The number of nitrogens with one attached hydrogen (secondary N) is 3. The van der Waals surface area contributed by atoms with Crippen LogP contribution in [0, 0.1) is 5.92 Å². The van der Waals surface area contributed by atoms with E-state index in [0.717, 1.165) is 44.8 Å². The van der Waals surface area contributed by atoms with Crippen molar-refractivity contribution in [3.63, 3.8) is 0 Å². The van der Waals surface area contributed by atoms with E-state index >= 15 is 0 Å². The summed E-state index contributed by atoms with van der Waals surface area (Å²) < 4.78 is 0. The second kappa shape index (κ2) is 10.4. The molecule has 0 amide bonds. The Balaban J connectivity index is 0.00000225. The monoisotopic (exact) mass is 361 g/mol. The molecule has 0 saturated carbocycles. The minimum Gasteiger partial charge on any atom is -0.384 e. The molecule has 5 nitrogen and oxygen atoms in total. The van der Waals surface area contributed by atoms with E-state index in [1.54, 1.807) is 0 Å². The molecule has 2 aromatic rings. The SMILES string of the molecule is Cl.Nc1cccc(C[C@H]2CNC[C@@H]2NCCNCc2ccccc2)n1. The summed E-state index contributed by atoms with van der Waals surface area (Å²) in [6.07, 6.45) is 0.965. The molecule has 2 heterocycles. The summed E-state index contributed by atoms with van der Waals surface area (Å²) in [7, 11) is 0. The van der Waals surface area contributed by atoms with Crippen LogP contribution in [0.5, 0.6) is 0 Å². The summed E-state index contributed by atoms with van der Waals surface area (Å²) in [5.41, 5.74) is 8.18. The van der Waals surface area contributed by atoms with Crippen LogP contribution in [0.15, 0.2) is 48.5 Å². The van der Waals surface area contributed by atoms with Gasteiger partial charge < -0.3 is 21.7 Å². The molecule has 0 spiro atoms. The van der Waals surface area contributed by atoms with E-state index in [9.17, 15) is 0 Å². The lowest BCUT2D eigenvalue weighted by Crippen LogP contribution is -2.40. The Morgan fingerprint density at radius 3 is 2.68 bits per heavy atom. The minimum atomic E-state index is 0. The zero-order chi connectivity index (χ0) is 16.6. The first-order valence-corrected chi connectivity index (χ1v) is 8.71. The van der Waals surface area contributed by atoms with E-state index in [1.165, 1.54) is 5.56 Å². The van der Waals surface area contributed by atoms with Gasteiger partial charge in [0.05, 0.1) is 0 Å². The van der Waals surface area contributed by atoms with Crippen LogP contribution in [-0.4, -0.2) is 37.2 Å². The van der Waals surface area contributed by atoms with Gasteiger partial charge in [-0.05, 0) is 36.6 Å². The van der Waals surface area contributed by atoms with Crippen molar-refractivity contribution >= 4 is 18.2 Å². The van der Waals surface area contributed by atoms with E-state index in [4.69, 9.17) is 5.73 Å². The molecule has 0 unspecified atom stereocenters. The third kappa shape index (κ3) is 6.29. The topological polar surface area (TPSA) is 75.0 Å². The average Bonchev–Trinajstić information content (AvgIpc) is 3.03. The molecule has 1 aromatic carbocycles. The Bertz CT molecular complexity index is 622. The standard InChI is InChI=1S/C19H27N5.ClH/c20-19-8-4-7-17(24-19)11-16-13-22-14-18(16)23-10-9-21-12-15-5-2-1-3-6-15;/h1-8,16,18,21-23H,9-14H2,(H2,20,24);1H/t16-,18-;/m0./s1. The molecule has 6 heteroatoms. The highest BCUT2D eigenvalue weighted by Crippen LogP contribution is 2.15. The molecule has 0 aliphatic carbocycles. The number of nitrogens with two attached hydrogens (primary N) is 1. The second-order valence-electron chi connectivity index (χ2n) is 6.40. The Morgan fingerprint density at radius 1 is 1.04 bits per heavy atom. The first-order valence-electron chi connectivity index (χ1n) is 8.71. The van der Waals surface area contributed by atoms with Gasteiger partial charge in [0.15, 0.2) is 0 Å². The number of pyridine rings is 1. The number of halogens is 1. The van der Waals surface area contributed by atoms with Crippen LogP contribution in [0.2, 0.25) is 0 Å². The third-order valence-electron chi connectivity index (χ3n) is 4.52. The first-order chi connectivity index (χ1) is 11.8. The molecule has 1 saturated heterocycles. The Labute approximate surface area is 156 Å². The van der Waals surface area contributed by atoms with E-state index in [1.807, 2.05) is 18.2 Å². The molecule has 0 radical (unpaired) electrons. The smallest absolute Gasteiger partial charge is 0.123 e. The van der Waals surface area contributed by atoms with Crippen molar-refractivity contribution in [1.29, 1.82) is 0 Å². The summed E-state index contributed by atoms with van der Waals surface area (Å²) >= 11 is 0. The van der Waals surface area contributed by atoms with Gasteiger partial charge in [0.2, 0.25) is 0 Å². The minimum absolute atomic E-state index is 0. The lowest BCUT2D eigenvalue weighted by Gasteiger charge is -2.20. The van der Waals surface area contributed by atoms with Crippen LogP contribution < -0.4 is 21.7 Å². The Hall–Kier alpha value is -1.66. The number of hydrogen-bond donors (Lipinski definition) is 4. The molecule has 1 aromatic heterocycles. The number of benzene rings is 1. The zero-order valence-corrected chi connectivity index (χ0v) is 15.3. The number of anilines is 1. The summed E-state index contributed by atoms with van der Waals surface area (Å²) in [5.74, 6) is 1.17. The third-order valence-corrected chi connectivity index (χ3v) is 4.52. The maximum absolute atomic E-state index is 5.78. The van der Waals surface area contributed by atoms with Crippen molar-refractivity contribution in [3.8, 4) is 0 Å². The number of nitrogens with zero attached hydrogens (tertiary/aromatic N) is 1. The maximum Gasteiger partial charge on any atom is 0.123 e. The van der Waals surface area contributed by atoms with Crippen molar-refractivity contribution in [2.75, 3.05) is 31.9 Å². The van der Waals surface area contributed by atoms with Crippen molar-refractivity contribution in [3.05, 3.63) is 59.8 Å². The zero-order valence-electron chi connectivity index (χ0n) is 14.4. The molecule has 1 aliphatic heterocycles. The number of nitrogen functional groups attached to an aromatic ring is 1. The van der Waals surface area contributed by atoms with Crippen LogP contribution in [0.1, 0.15) is 11.3 Å². The second-order valence-corrected chi connectivity index (χ2v) is 6.40. The fraction of sp³-hybridized carbons (Fsp3) is 0.421. The summed E-state index contributed by atoms with van der Waals surface area (Å²) in [4.78, 5) is 4.42. The van der Waals surface area contributed by atoms with Gasteiger partial charge in [0, 0.05) is 37.9 Å². The van der Waals surface area contributed by atoms with Gasteiger partial charge >= 0.3 is 0 Å². The fourth-order valence-electron chi connectivity index (χ4n) is 3.24. The van der Waals surface area contributed by atoms with Gasteiger partial charge in [0.1, 0.15) is 5.82 Å². The molecule has 1 aliphatic rings. The van der Waals surface area contributed by atoms with Gasteiger partial charge in [-0.3, -0.25) is 0 Å². The number of rotatable bonds is 8. The number of aromatic nitrogens is 1. The molecular formula is C19H28ClN5. The van der Waals surface area contributed by atoms with Crippen LogP contribution in [0.25, 0.3) is 0 Å². The predicted octanol–water partition coefficient (Wildman–Crippen LogP) is 1.60. The lowest BCUT2D eigenvalue weighted by atomic mass is 9.97. The molecule has 1 fully saturated rings. The molecule has 25 heavy (non-hydrogen) atoms. The molecule has 136 valence electrons. The van der Waals surface area contributed by atoms with Gasteiger partial charge in [-0.15, -0.1) is 12.4 Å². The highest BCUT2D eigenvalue weighted by molar-refractivity contribution is 5.85. The normalized spacial score (nSPS) is 19.5. The molecular weight excluding hydrogens is 334 g/mol. The first kappa shape index (κ1) is 19.7. The van der Waals surface area contributed by atoms with Gasteiger partial charge in [-0.1, -0.05) is 36.4 Å². The van der Waals surface area contributed by atoms with Gasteiger partial charge in [-0.25, -0.2) is 4.98 Å². The molecule has 5 N–H and O–H groups in total. The van der Waals surface area contributed by atoms with Gasteiger partial charge in [0.25, 0.3) is 0 Å².